The molecule has 10 heteroatoms. The second-order valence-corrected chi connectivity index (χ2v) is 9.16. The quantitative estimate of drug-likeness (QED) is 0.340. The van der Waals surface area contributed by atoms with E-state index in [4.69, 9.17) is 15.2 Å². The standard InChI is InChI=1S/C29H34N6O4/c1-38-25-11-8-21(18-26(25)39-2)24-12-13-31-27(34-24)19-23(30)29(37)33-22-9-6-20(7-10-22)28(36)32-14-17-35-15-4-3-5-16-35/h6-13,18-19H,3-5,14-17,30H2,1-2H3,(H,32,36)(H,33,37)/b23-19-. The number of aromatic nitrogens is 2. The van der Waals surface area contributed by atoms with Crippen molar-refractivity contribution in [2.45, 2.75) is 19.3 Å². The molecule has 1 aliphatic rings. The lowest BCUT2D eigenvalue weighted by Crippen LogP contribution is -2.37. The smallest absolute Gasteiger partial charge is 0.271 e. The molecular weight excluding hydrogens is 496 g/mol. The summed E-state index contributed by atoms with van der Waals surface area (Å²) in [6.45, 7) is 3.65. The molecule has 2 heterocycles. The Morgan fingerprint density at radius 2 is 1.74 bits per heavy atom. The number of amides is 2. The predicted octanol–water partition coefficient (Wildman–Crippen LogP) is 3.31. The van der Waals surface area contributed by atoms with Crippen molar-refractivity contribution in [3.05, 3.63) is 71.8 Å². The van der Waals surface area contributed by atoms with Gasteiger partial charge in [0.1, 0.15) is 5.70 Å². The maximum atomic E-state index is 12.7. The lowest BCUT2D eigenvalue weighted by molar-refractivity contribution is -0.112. The van der Waals surface area contributed by atoms with Crippen molar-refractivity contribution in [3.63, 3.8) is 0 Å². The highest BCUT2D eigenvalue weighted by Crippen LogP contribution is 2.31. The van der Waals surface area contributed by atoms with E-state index in [-0.39, 0.29) is 17.4 Å². The second kappa shape index (κ2) is 13.4. The van der Waals surface area contributed by atoms with Gasteiger partial charge in [-0.15, -0.1) is 0 Å². The van der Waals surface area contributed by atoms with Gasteiger partial charge >= 0.3 is 0 Å². The molecule has 39 heavy (non-hydrogen) atoms. The molecule has 1 fully saturated rings. The van der Waals surface area contributed by atoms with Gasteiger partial charge in [-0.2, -0.15) is 0 Å². The third kappa shape index (κ3) is 7.55. The number of anilines is 1. The van der Waals surface area contributed by atoms with Crippen molar-refractivity contribution in [3.8, 4) is 22.8 Å². The SMILES string of the molecule is COc1ccc(-c2ccnc(/C=C(\N)C(=O)Nc3ccc(C(=O)NCCN4CCCCC4)cc3)n2)cc1OC. The monoisotopic (exact) mass is 530 g/mol. The number of nitrogens with zero attached hydrogens (tertiary/aromatic N) is 3. The molecule has 4 rings (SSSR count). The molecule has 0 spiro atoms. The van der Waals surface area contributed by atoms with Crippen molar-refractivity contribution < 1.29 is 19.1 Å². The van der Waals surface area contributed by atoms with E-state index in [1.165, 1.54) is 25.3 Å². The third-order valence-electron chi connectivity index (χ3n) is 6.47. The number of carbonyl (C=O) groups excluding carboxylic acids is 2. The number of hydrogen-bond acceptors (Lipinski definition) is 8. The van der Waals surface area contributed by atoms with Gasteiger partial charge in [0.2, 0.25) is 0 Å². The van der Waals surface area contributed by atoms with Gasteiger partial charge in [-0.1, -0.05) is 6.42 Å². The van der Waals surface area contributed by atoms with Crippen molar-refractivity contribution in [1.82, 2.24) is 20.2 Å². The number of nitrogens with one attached hydrogen (secondary N) is 2. The Morgan fingerprint density at radius 3 is 2.46 bits per heavy atom. The Labute approximate surface area is 228 Å². The molecule has 204 valence electrons. The summed E-state index contributed by atoms with van der Waals surface area (Å²) in [7, 11) is 3.14. The van der Waals surface area contributed by atoms with Crippen LogP contribution in [0.25, 0.3) is 17.3 Å². The molecule has 1 saturated heterocycles. The Hall–Kier alpha value is -4.44. The van der Waals surface area contributed by atoms with Gasteiger partial charge in [0.15, 0.2) is 17.3 Å². The van der Waals surface area contributed by atoms with Crippen molar-refractivity contribution >= 4 is 23.6 Å². The largest absolute Gasteiger partial charge is 0.493 e. The summed E-state index contributed by atoms with van der Waals surface area (Å²) < 4.78 is 10.6. The Morgan fingerprint density at radius 1 is 1.00 bits per heavy atom. The van der Waals surface area contributed by atoms with Crippen LogP contribution in [0.1, 0.15) is 35.4 Å². The lowest BCUT2D eigenvalue weighted by Gasteiger charge is -2.26. The van der Waals surface area contributed by atoms with Gasteiger partial charge in [-0.3, -0.25) is 9.59 Å². The molecule has 0 aliphatic carbocycles. The molecule has 10 nitrogen and oxygen atoms in total. The van der Waals surface area contributed by atoms with Crippen LogP contribution in [0.2, 0.25) is 0 Å². The molecule has 2 aromatic carbocycles. The number of rotatable bonds is 10. The maximum Gasteiger partial charge on any atom is 0.271 e. The van der Waals surface area contributed by atoms with Gasteiger partial charge < -0.3 is 30.7 Å². The molecule has 1 aliphatic heterocycles. The number of nitrogens with two attached hydrogens (primary N) is 1. The van der Waals surface area contributed by atoms with Crippen LogP contribution in [0.4, 0.5) is 5.69 Å². The van der Waals surface area contributed by atoms with E-state index in [1.807, 2.05) is 12.1 Å². The zero-order valence-electron chi connectivity index (χ0n) is 22.3. The summed E-state index contributed by atoms with van der Waals surface area (Å²) in [6.07, 6.45) is 6.73. The van der Waals surface area contributed by atoms with E-state index in [9.17, 15) is 9.59 Å². The Balaban J connectivity index is 1.34. The Bertz CT molecular complexity index is 1320. The molecule has 0 atom stereocenters. The van der Waals surface area contributed by atoms with Crippen LogP contribution >= 0.6 is 0 Å². The van der Waals surface area contributed by atoms with Crippen LogP contribution in [0.3, 0.4) is 0 Å². The fourth-order valence-corrected chi connectivity index (χ4v) is 4.33. The highest BCUT2D eigenvalue weighted by molar-refractivity contribution is 6.06. The van der Waals surface area contributed by atoms with Crippen molar-refractivity contribution in [2.75, 3.05) is 45.7 Å². The number of methoxy groups -OCH3 is 2. The summed E-state index contributed by atoms with van der Waals surface area (Å²) >= 11 is 0. The van der Waals surface area contributed by atoms with E-state index in [0.717, 1.165) is 25.2 Å². The molecule has 0 bridgehead atoms. The van der Waals surface area contributed by atoms with Gasteiger partial charge in [-0.05, 0) is 74.5 Å². The molecule has 4 N–H and O–H groups in total. The number of ether oxygens (including phenoxy) is 2. The minimum atomic E-state index is -0.506. The minimum Gasteiger partial charge on any atom is -0.493 e. The van der Waals surface area contributed by atoms with Crippen LogP contribution in [0.5, 0.6) is 11.5 Å². The lowest BCUT2D eigenvalue weighted by atomic mass is 10.1. The average Bonchev–Trinajstić information content (AvgIpc) is 2.97. The molecule has 3 aromatic rings. The van der Waals surface area contributed by atoms with Gasteiger partial charge in [0.05, 0.1) is 19.9 Å². The second-order valence-electron chi connectivity index (χ2n) is 9.16. The van der Waals surface area contributed by atoms with E-state index < -0.39 is 5.91 Å². The number of piperidine rings is 1. The van der Waals surface area contributed by atoms with Gasteiger partial charge in [-0.25, -0.2) is 9.97 Å². The van der Waals surface area contributed by atoms with Crippen molar-refractivity contribution in [2.24, 2.45) is 5.73 Å². The molecule has 0 saturated carbocycles. The van der Waals surface area contributed by atoms with E-state index in [1.54, 1.807) is 56.8 Å². The normalized spacial score (nSPS) is 13.9. The van der Waals surface area contributed by atoms with Crippen molar-refractivity contribution in [1.29, 1.82) is 0 Å². The fourth-order valence-electron chi connectivity index (χ4n) is 4.33. The van der Waals surface area contributed by atoms with Gasteiger partial charge in [0.25, 0.3) is 11.8 Å². The third-order valence-corrected chi connectivity index (χ3v) is 6.47. The van der Waals surface area contributed by atoms with Crippen LogP contribution in [0, 0.1) is 0 Å². The van der Waals surface area contributed by atoms with E-state index in [0.29, 0.717) is 35.0 Å². The number of carbonyl (C=O) groups is 2. The molecule has 2 amide bonds. The Kier molecular flexibility index (Phi) is 9.47. The van der Waals surface area contributed by atoms with Crippen LogP contribution in [-0.2, 0) is 4.79 Å². The van der Waals surface area contributed by atoms with Crippen LogP contribution in [0.15, 0.2) is 60.4 Å². The number of benzene rings is 2. The van der Waals surface area contributed by atoms with Crippen LogP contribution < -0.4 is 25.8 Å². The first-order valence-corrected chi connectivity index (χ1v) is 12.9. The van der Waals surface area contributed by atoms with E-state index >= 15 is 0 Å². The molecule has 0 radical (unpaired) electrons. The highest BCUT2D eigenvalue weighted by Gasteiger charge is 2.13. The summed E-state index contributed by atoms with van der Waals surface area (Å²) in [5.41, 5.74) is 8.44. The molecule has 1 aromatic heterocycles. The zero-order valence-corrected chi connectivity index (χ0v) is 22.3. The van der Waals surface area contributed by atoms with Crippen LogP contribution in [-0.4, -0.2) is 67.1 Å². The first kappa shape index (κ1) is 27.6. The topological polar surface area (TPSA) is 132 Å². The minimum absolute atomic E-state index is 0.0565. The number of hydrogen-bond donors (Lipinski definition) is 3. The zero-order chi connectivity index (χ0) is 27.6. The summed E-state index contributed by atoms with van der Waals surface area (Å²) in [5.74, 6) is 0.819. The fraction of sp³-hybridized carbons (Fsp3) is 0.310. The molecule has 0 unspecified atom stereocenters. The average molecular weight is 531 g/mol. The van der Waals surface area contributed by atoms with E-state index in [2.05, 4.69) is 25.5 Å². The summed E-state index contributed by atoms with van der Waals surface area (Å²) in [5, 5.41) is 5.69. The summed E-state index contributed by atoms with van der Waals surface area (Å²) in [6, 6.07) is 13.9. The summed E-state index contributed by atoms with van der Waals surface area (Å²) in [4.78, 5) is 36.2. The molecular formula is C29H34N6O4. The number of likely N-dealkylation sites (tertiary alicyclic amines) is 1. The first-order chi connectivity index (χ1) is 19.0. The van der Waals surface area contributed by atoms with Gasteiger partial charge in [0, 0.05) is 42.2 Å². The first-order valence-electron chi connectivity index (χ1n) is 12.9. The highest BCUT2D eigenvalue weighted by atomic mass is 16.5. The maximum absolute atomic E-state index is 12.7. The predicted molar refractivity (Wildman–Crippen MR) is 150 cm³/mol.